The molecule has 0 aliphatic rings. The second-order valence-corrected chi connectivity index (χ2v) is 12.6. The fraction of sp³-hybridized carbons (Fsp3) is 0. The van der Waals surface area contributed by atoms with Gasteiger partial charge in [-0.2, -0.15) is 0 Å². The summed E-state index contributed by atoms with van der Waals surface area (Å²) in [5.74, 6) is 0. The molecule has 0 aliphatic heterocycles. The van der Waals surface area contributed by atoms with E-state index in [0.29, 0.717) is 0 Å². The lowest BCUT2D eigenvalue weighted by Gasteiger charge is -2.27. The van der Waals surface area contributed by atoms with Gasteiger partial charge in [-0.3, -0.25) is 0 Å². The van der Waals surface area contributed by atoms with Gasteiger partial charge in [-0.25, -0.2) is 5.41 Å². The maximum atomic E-state index is 7.88. The maximum absolute atomic E-state index is 7.88. The third-order valence-corrected chi connectivity index (χ3v) is 11.7. The van der Waals surface area contributed by atoms with Crippen molar-refractivity contribution in [1.29, 1.82) is 5.41 Å². The quantitative estimate of drug-likeness (QED) is 0.230. The average Bonchev–Trinajstić information content (AvgIpc) is 2.82. The summed E-state index contributed by atoms with van der Waals surface area (Å²) in [5, 5.41) is 15.8. The van der Waals surface area contributed by atoms with E-state index in [9.17, 15) is 0 Å². The summed E-state index contributed by atoms with van der Waals surface area (Å²) >= 11 is 0. The van der Waals surface area contributed by atoms with Crippen LogP contribution < -0.4 is 21.2 Å². The molecule has 0 amide bonds. The minimum atomic E-state index is -0.781. The molecule has 30 heavy (non-hydrogen) atoms. The Labute approximate surface area is 184 Å². The van der Waals surface area contributed by atoms with Gasteiger partial charge in [0.15, 0.2) is 0 Å². The van der Waals surface area contributed by atoms with Crippen LogP contribution in [0.1, 0.15) is 0 Å². The van der Waals surface area contributed by atoms with Gasteiger partial charge in [-0.05, 0) is 37.1 Å². The predicted octanol–water partition coefficient (Wildman–Crippen LogP) is 5.56. The highest BCUT2D eigenvalue weighted by Gasteiger charge is 2.28. The standard InChI is InChI=1S/C26H21NP2S/c27-21-30-26(28(22-13-5-1-6-14-22)23-15-7-2-8-16-23)29(24-17-9-3-10-18-24)25-19-11-4-12-20-25/h1-20,27H. The molecule has 0 bridgehead atoms. The summed E-state index contributed by atoms with van der Waals surface area (Å²) in [6.45, 7) is 0. The molecule has 1 N–H and O–H groups in total. The number of hydrogen-bond acceptors (Lipinski definition) is 1. The highest BCUT2D eigenvalue weighted by atomic mass is 32.1. The first-order valence-electron chi connectivity index (χ1n) is 9.64. The first-order chi connectivity index (χ1) is 14.9. The molecule has 0 saturated heterocycles. The Morgan fingerprint density at radius 1 is 0.500 bits per heavy atom. The fourth-order valence-electron chi connectivity index (χ4n) is 3.29. The van der Waals surface area contributed by atoms with Gasteiger partial charge in [-0.15, -0.1) is 0 Å². The van der Waals surface area contributed by atoms with E-state index in [1.165, 1.54) is 36.5 Å². The molecule has 0 saturated carbocycles. The van der Waals surface area contributed by atoms with Crippen molar-refractivity contribution in [2.45, 2.75) is 0 Å². The Kier molecular flexibility index (Phi) is 7.20. The Hall–Kier alpha value is -2.59. The van der Waals surface area contributed by atoms with Crippen molar-refractivity contribution in [3.05, 3.63) is 121 Å². The van der Waals surface area contributed by atoms with Crippen LogP contribution in [-0.2, 0) is 0 Å². The molecule has 0 aromatic heterocycles. The first kappa shape index (κ1) is 20.7. The van der Waals surface area contributed by atoms with Gasteiger partial charge in [0.25, 0.3) is 0 Å². The van der Waals surface area contributed by atoms with Crippen molar-refractivity contribution in [3.8, 4) is 0 Å². The number of isothiocyanates is 1. The van der Waals surface area contributed by atoms with Crippen LogP contribution >= 0.6 is 26.8 Å². The zero-order chi connectivity index (χ0) is 20.6. The van der Waals surface area contributed by atoms with Crippen LogP contribution in [0.5, 0.6) is 0 Å². The molecule has 0 radical (unpaired) electrons. The van der Waals surface area contributed by atoms with E-state index in [0.717, 1.165) is 0 Å². The molecule has 0 atom stereocenters. The van der Waals surface area contributed by atoms with Crippen LogP contribution in [0.2, 0.25) is 0 Å². The van der Waals surface area contributed by atoms with E-state index in [2.05, 4.69) is 126 Å². The van der Waals surface area contributed by atoms with Crippen LogP contribution in [0.15, 0.2) is 121 Å². The van der Waals surface area contributed by atoms with Crippen LogP contribution in [0, 0.1) is 5.41 Å². The zero-order valence-corrected chi connectivity index (χ0v) is 19.0. The molecule has 0 heterocycles. The summed E-state index contributed by atoms with van der Waals surface area (Å²) < 4.78 is 1.31. The molecule has 0 fully saturated rings. The predicted molar refractivity (Wildman–Crippen MR) is 138 cm³/mol. The summed E-state index contributed by atoms with van der Waals surface area (Å²) in [5.41, 5.74) is 0. The summed E-state index contributed by atoms with van der Waals surface area (Å²) in [6.07, 6.45) is 0. The lowest BCUT2D eigenvalue weighted by molar-refractivity contribution is 1.61. The van der Waals surface area contributed by atoms with Gasteiger partial charge >= 0.3 is 0 Å². The number of hydrogen-bond donors (Lipinski definition) is 1. The molecule has 4 aromatic carbocycles. The van der Waals surface area contributed by atoms with Crippen molar-refractivity contribution in [2.75, 3.05) is 0 Å². The maximum Gasteiger partial charge on any atom is 0.0562 e. The van der Waals surface area contributed by atoms with E-state index < -0.39 is 15.8 Å². The normalized spacial score (nSPS) is 10.6. The average molecular weight is 441 g/mol. The molecule has 4 rings (SSSR count). The van der Waals surface area contributed by atoms with E-state index >= 15 is 0 Å². The Morgan fingerprint density at radius 2 is 0.767 bits per heavy atom. The molecule has 4 aromatic rings. The second-order valence-electron chi connectivity index (χ2n) is 6.50. The Balaban J connectivity index is 1.98. The van der Waals surface area contributed by atoms with Gasteiger partial charge in [-0.1, -0.05) is 132 Å². The van der Waals surface area contributed by atoms with E-state index in [1.54, 1.807) is 0 Å². The van der Waals surface area contributed by atoms with Gasteiger partial charge in [0.2, 0.25) is 0 Å². The minimum Gasteiger partial charge on any atom is -0.249 e. The second kappa shape index (κ2) is 10.4. The topological polar surface area (TPSA) is 23.9 Å². The van der Waals surface area contributed by atoms with Crippen molar-refractivity contribution < 1.29 is 0 Å². The summed E-state index contributed by atoms with van der Waals surface area (Å²) in [4.78, 5) is 0. The molecular weight excluding hydrogens is 420 g/mol. The lowest BCUT2D eigenvalue weighted by Crippen LogP contribution is -2.23. The minimum absolute atomic E-state index is 0.781. The molecule has 0 unspecified atom stereocenters. The molecule has 0 aliphatic carbocycles. The number of benzene rings is 4. The van der Waals surface area contributed by atoms with E-state index in [-0.39, 0.29) is 0 Å². The third-order valence-electron chi connectivity index (χ3n) is 4.58. The zero-order valence-electron chi connectivity index (χ0n) is 16.3. The molecule has 0 spiro atoms. The van der Waals surface area contributed by atoms with Crippen molar-refractivity contribution in [3.63, 3.8) is 0 Å². The molecule has 146 valence electrons. The number of nitrogens with one attached hydrogen (secondary N) is 1. The van der Waals surface area contributed by atoms with Crippen LogP contribution in [-0.4, -0.2) is 9.51 Å². The van der Waals surface area contributed by atoms with E-state index in [4.69, 9.17) is 5.41 Å². The van der Waals surface area contributed by atoms with Gasteiger partial charge in [0, 0.05) is 5.16 Å². The van der Waals surface area contributed by atoms with Crippen LogP contribution in [0.25, 0.3) is 0 Å². The summed E-state index contributed by atoms with van der Waals surface area (Å²) in [6, 6.07) is 42.8. The first-order valence-corrected chi connectivity index (χ1v) is 13.1. The Morgan fingerprint density at radius 3 is 1.00 bits per heavy atom. The fourth-order valence-corrected chi connectivity index (χ4v) is 11.2. The molecule has 4 heteroatoms. The van der Waals surface area contributed by atoms with Crippen LogP contribution in [0.3, 0.4) is 0 Å². The van der Waals surface area contributed by atoms with Crippen molar-refractivity contribution >= 4 is 57.5 Å². The van der Waals surface area contributed by atoms with Crippen molar-refractivity contribution in [2.24, 2.45) is 0 Å². The van der Waals surface area contributed by atoms with Gasteiger partial charge in [0.1, 0.15) is 0 Å². The van der Waals surface area contributed by atoms with Crippen LogP contribution in [0.4, 0.5) is 0 Å². The molecule has 1 nitrogen and oxygen atoms in total. The highest BCUT2D eigenvalue weighted by molar-refractivity contribution is 8.29. The monoisotopic (exact) mass is 441 g/mol. The smallest absolute Gasteiger partial charge is 0.0562 e. The van der Waals surface area contributed by atoms with Gasteiger partial charge in [0.05, 0.1) is 4.35 Å². The third kappa shape index (κ3) is 4.76. The SMILES string of the molecule is N=C=S=C(P(c1ccccc1)c1ccccc1)P(c1ccccc1)c1ccccc1. The Bertz CT molecular complexity index is 1000. The van der Waals surface area contributed by atoms with Crippen molar-refractivity contribution in [1.82, 2.24) is 0 Å². The van der Waals surface area contributed by atoms with E-state index in [1.807, 2.05) is 0 Å². The largest absolute Gasteiger partial charge is 0.249 e. The number of rotatable bonds is 6. The summed E-state index contributed by atoms with van der Waals surface area (Å²) in [7, 11) is -0.0988. The highest BCUT2D eigenvalue weighted by Crippen LogP contribution is 2.52. The van der Waals surface area contributed by atoms with Gasteiger partial charge < -0.3 is 0 Å². The lowest BCUT2D eigenvalue weighted by atomic mass is 10.4. The molecular formula is C26H21NP2S.